The zero-order valence-corrected chi connectivity index (χ0v) is 13.5. The molecular weight excluding hydrogens is 300 g/mol. The lowest BCUT2D eigenvalue weighted by molar-refractivity contribution is 0.309. The molecule has 1 saturated carbocycles. The van der Waals surface area contributed by atoms with Crippen molar-refractivity contribution in [2.45, 2.75) is 32.6 Å². The van der Waals surface area contributed by atoms with E-state index in [0.29, 0.717) is 0 Å². The predicted octanol–water partition coefficient (Wildman–Crippen LogP) is 3.32. The Kier molecular flexibility index (Phi) is 2.92. The zero-order valence-electron chi connectivity index (χ0n) is 13.5. The minimum absolute atomic E-state index is 0.769. The van der Waals surface area contributed by atoms with Crippen LogP contribution in [0.2, 0.25) is 0 Å². The molecule has 0 bridgehead atoms. The summed E-state index contributed by atoms with van der Waals surface area (Å²) >= 11 is 0. The molecule has 1 aliphatic carbocycles. The van der Waals surface area contributed by atoms with Gasteiger partial charge in [0.15, 0.2) is 5.65 Å². The fraction of sp³-hybridized carbons (Fsp3) is 0.333. The second-order valence-electron chi connectivity index (χ2n) is 6.64. The summed E-state index contributed by atoms with van der Waals surface area (Å²) in [5.41, 5.74) is 4.68. The number of rotatable bonds is 3. The number of hydrogen-bond donors (Lipinski definition) is 1. The summed E-state index contributed by atoms with van der Waals surface area (Å²) in [4.78, 5) is 16.9. The maximum Gasteiger partial charge on any atom is 0.153 e. The lowest BCUT2D eigenvalue weighted by Crippen LogP contribution is -2.15. The monoisotopic (exact) mass is 318 g/mol. The molecule has 4 aromatic rings. The Balaban J connectivity index is 1.56. The standard InChI is InChI=1S/C18H18N6/c1-11-8-20-17-6-5-15(23-24(11)17)13-9-21-18-14(13)10-19-16(22-18)7-12-3-2-4-12/h5-6,8-10,12H,2-4,7H2,1H3,(H,19,21,22). The van der Waals surface area contributed by atoms with Crippen LogP contribution < -0.4 is 0 Å². The molecule has 0 radical (unpaired) electrons. The molecule has 4 aromatic heterocycles. The quantitative estimate of drug-likeness (QED) is 0.629. The van der Waals surface area contributed by atoms with Gasteiger partial charge in [0.1, 0.15) is 11.5 Å². The zero-order chi connectivity index (χ0) is 16.1. The highest BCUT2D eigenvalue weighted by Gasteiger charge is 2.19. The van der Waals surface area contributed by atoms with E-state index in [1.807, 2.05) is 42.2 Å². The van der Waals surface area contributed by atoms with Crippen LogP contribution >= 0.6 is 0 Å². The van der Waals surface area contributed by atoms with Gasteiger partial charge in [0.25, 0.3) is 0 Å². The van der Waals surface area contributed by atoms with E-state index in [1.54, 1.807) is 0 Å². The van der Waals surface area contributed by atoms with Gasteiger partial charge in [0, 0.05) is 29.8 Å². The highest BCUT2D eigenvalue weighted by Crippen LogP contribution is 2.30. The fourth-order valence-electron chi connectivity index (χ4n) is 3.34. The molecule has 24 heavy (non-hydrogen) atoms. The van der Waals surface area contributed by atoms with Crippen LogP contribution in [0.5, 0.6) is 0 Å². The molecule has 4 heterocycles. The van der Waals surface area contributed by atoms with Crippen molar-refractivity contribution in [2.24, 2.45) is 5.92 Å². The number of nitrogens with zero attached hydrogens (tertiary/aromatic N) is 5. The van der Waals surface area contributed by atoms with E-state index in [0.717, 1.165) is 51.8 Å². The Morgan fingerprint density at radius 2 is 2.12 bits per heavy atom. The Morgan fingerprint density at radius 1 is 1.21 bits per heavy atom. The molecule has 0 aromatic carbocycles. The van der Waals surface area contributed by atoms with E-state index in [4.69, 9.17) is 10.1 Å². The second-order valence-corrected chi connectivity index (χ2v) is 6.64. The summed E-state index contributed by atoms with van der Waals surface area (Å²) in [6.45, 7) is 2.00. The molecule has 6 nitrogen and oxygen atoms in total. The molecule has 120 valence electrons. The van der Waals surface area contributed by atoms with Crippen molar-refractivity contribution in [3.8, 4) is 11.3 Å². The van der Waals surface area contributed by atoms with E-state index >= 15 is 0 Å². The van der Waals surface area contributed by atoms with Crippen LogP contribution in [0.15, 0.2) is 30.7 Å². The average molecular weight is 318 g/mol. The SMILES string of the molecule is Cc1cnc2ccc(-c3c[nH]c4nc(CC5CCC5)ncc34)nn12. The van der Waals surface area contributed by atoms with Gasteiger partial charge in [0.2, 0.25) is 0 Å². The van der Waals surface area contributed by atoms with E-state index < -0.39 is 0 Å². The Morgan fingerprint density at radius 3 is 2.96 bits per heavy atom. The van der Waals surface area contributed by atoms with Crippen molar-refractivity contribution in [1.82, 2.24) is 29.5 Å². The van der Waals surface area contributed by atoms with Crippen molar-refractivity contribution in [2.75, 3.05) is 0 Å². The number of aryl methyl sites for hydroxylation is 1. The molecule has 6 heteroatoms. The molecule has 5 rings (SSSR count). The van der Waals surface area contributed by atoms with Crippen LogP contribution in [-0.2, 0) is 6.42 Å². The first kappa shape index (κ1) is 13.7. The van der Waals surface area contributed by atoms with E-state index in [-0.39, 0.29) is 0 Å². The van der Waals surface area contributed by atoms with Crippen LogP contribution in [0.3, 0.4) is 0 Å². The smallest absolute Gasteiger partial charge is 0.153 e. The summed E-state index contributed by atoms with van der Waals surface area (Å²) in [6, 6.07) is 3.98. The first-order chi connectivity index (χ1) is 11.8. The molecule has 0 aliphatic heterocycles. The Bertz CT molecular complexity index is 1040. The molecule has 1 fully saturated rings. The minimum Gasteiger partial charge on any atom is -0.345 e. The number of H-pyrrole nitrogens is 1. The predicted molar refractivity (Wildman–Crippen MR) is 91.7 cm³/mol. The lowest BCUT2D eigenvalue weighted by atomic mass is 9.83. The van der Waals surface area contributed by atoms with Gasteiger partial charge in [-0.1, -0.05) is 19.3 Å². The maximum atomic E-state index is 4.70. The number of aromatic nitrogens is 6. The number of hydrogen-bond acceptors (Lipinski definition) is 4. The van der Waals surface area contributed by atoms with Gasteiger partial charge in [0.05, 0.1) is 17.6 Å². The summed E-state index contributed by atoms with van der Waals surface area (Å²) in [5.74, 6) is 1.71. The van der Waals surface area contributed by atoms with Gasteiger partial charge < -0.3 is 4.98 Å². The van der Waals surface area contributed by atoms with E-state index in [9.17, 15) is 0 Å². The third-order valence-electron chi connectivity index (χ3n) is 4.99. The van der Waals surface area contributed by atoms with E-state index in [1.165, 1.54) is 19.3 Å². The summed E-state index contributed by atoms with van der Waals surface area (Å²) < 4.78 is 1.86. The molecule has 0 saturated heterocycles. The summed E-state index contributed by atoms with van der Waals surface area (Å²) in [7, 11) is 0. The molecule has 0 spiro atoms. The van der Waals surface area contributed by atoms with Crippen LogP contribution in [0, 0.1) is 12.8 Å². The third-order valence-corrected chi connectivity index (χ3v) is 4.99. The highest BCUT2D eigenvalue weighted by molar-refractivity contribution is 5.91. The molecule has 1 N–H and O–H groups in total. The lowest BCUT2D eigenvalue weighted by Gasteiger charge is -2.24. The second kappa shape index (κ2) is 5.12. The van der Waals surface area contributed by atoms with Gasteiger partial charge in [-0.2, -0.15) is 5.10 Å². The van der Waals surface area contributed by atoms with Crippen molar-refractivity contribution < 1.29 is 0 Å². The molecule has 1 aliphatic rings. The van der Waals surface area contributed by atoms with Crippen LogP contribution in [0.1, 0.15) is 30.8 Å². The fourth-order valence-corrected chi connectivity index (χ4v) is 3.34. The van der Waals surface area contributed by atoms with E-state index in [2.05, 4.69) is 15.0 Å². The van der Waals surface area contributed by atoms with Crippen molar-refractivity contribution in [3.63, 3.8) is 0 Å². The molecule has 0 atom stereocenters. The average Bonchev–Trinajstić information content (AvgIpc) is 3.14. The maximum absolute atomic E-state index is 4.70. The van der Waals surface area contributed by atoms with Gasteiger partial charge in [-0.3, -0.25) is 0 Å². The number of fused-ring (bicyclic) bond motifs is 2. The van der Waals surface area contributed by atoms with Crippen LogP contribution in [0.25, 0.3) is 27.9 Å². The normalized spacial score (nSPS) is 15.2. The number of aromatic amines is 1. The van der Waals surface area contributed by atoms with Crippen molar-refractivity contribution in [1.29, 1.82) is 0 Å². The Hall–Kier alpha value is -2.76. The molecule has 0 amide bonds. The number of nitrogens with one attached hydrogen (secondary N) is 1. The van der Waals surface area contributed by atoms with Gasteiger partial charge >= 0.3 is 0 Å². The first-order valence-corrected chi connectivity index (χ1v) is 8.43. The summed E-state index contributed by atoms with van der Waals surface area (Å²) in [5, 5.41) is 5.71. The van der Waals surface area contributed by atoms with Gasteiger partial charge in [-0.25, -0.2) is 19.5 Å². The van der Waals surface area contributed by atoms with Crippen LogP contribution in [-0.4, -0.2) is 29.5 Å². The van der Waals surface area contributed by atoms with Gasteiger partial charge in [-0.15, -0.1) is 0 Å². The topological polar surface area (TPSA) is 71.8 Å². The molecular formula is C18H18N6. The minimum atomic E-state index is 0.769. The van der Waals surface area contributed by atoms with Crippen molar-refractivity contribution in [3.05, 3.63) is 42.2 Å². The first-order valence-electron chi connectivity index (χ1n) is 8.43. The van der Waals surface area contributed by atoms with Crippen LogP contribution in [0.4, 0.5) is 0 Å². The third kappa shape index (κ3) is 2.10. The van der Waals surface area contributed by atoms with Gasteiger partial charge in [-0.05, 0) is 25.0 Å². The highest BCUT2D eigenvalue weighted by atomic mass is 15.3. The summed E-state index contributed by atoms with van der Waals surface area (Å²) in [6.07, 6.45) is 10.7. The van der Waals surface area contributed by atoms with Crippen molar-refractivity contribution >= 4 is 16.7 Å². The Labute approximate surface area is 139 Å². The molecule has 0 unspecified atom stereocenters. The number of imidazole rings is 1. The largest absolute Gasteiger partial charge is 0.345 e.